The molecular formula is C27H32F3N5OS. The number of thiophene rings is 1. The Hall–Kier alpha value is -2.88. The SMILES string of the molecule is Cc1cc(Nc2ncnc3sc4c(c23)CCC(C(=O)N(C)CCC(F)(F)F)C4)c(N2CCCC2)cc1C. The molecule has 3 aromatic rings. The van der Waals surface area contributed by atoms with E-state index in [0.29, 0.717) is 19.3 Å². The van der Waals surface area contributed by atoms with Gasteiger partial charge < -0.3 is 15.1 Å². The predicted octanol–water partition coefficient (Wildman–Crippen LogP) is 6.17. The van der Waals surface area contributed by atoms with Crippen molar-refractivity contribution in [2.45, 2.75) is 58.5 Å². The molecule has 1 unspecified atom stereocenters. The highest BCUT2D eigenvalue weighted by molar-refractivity contribution is 7.19. The lowest BCUT2D eigenvalue weighted by atomic mass is 9.87. The first-order valence-electron chi connectivity index (χ1n) is 12.8. The fourth-order valence-electron chi connectivity index (χ4n) is 5.38. The molecule has 2 aliphatic rings. The van der Waals surface area contributed by atoms with Crippen LogP contribution in [-0.4, -0.2) is 53.6 Å². The van der Waals surface area contributed by atoms with Crippen molar-refractivity contribution in [3.8, 4) is 0 Å². The number of fused-ring (bicyclic) bond motifs is 3. The van der Waals surface area contributed by atoms with Crippen molar-refractivity contribution in [2.24, 2.45) is 5.92 Å². The lowest BCUT2D eigenvalue weighted by Crippen LogP contribution is -2.37. The van der Waals surface area contributed by atoms with Gasteiger partial charge in [-0.2, -0.15) is 13.2 Å². The zero-order chi connectivity index (χ0) is 26.3. The number of aryl methyl sites for hydroxylation is 3. The van der Waals surface area contributed by atoms with Crippen molar-refractivity contribution in [1.29, 1.82) is 0 Å². The summed E-state index contributed by atoms with van der Waals surface area (Å²) in [5.41, 5.74) is 5.82. The fourth-order valence-corrected chi connectivity index (χ4v) is 6.65. The Labute approximate surface area is 218 Å². The molecule has 1 aliphatic heterocycles. The highest BCUT2D eigenvalue weighted by Gasteiger charge is 2.33. The van der Waals surface area contributed by atoms with E-state index in [1.165, 1.54) is 41.6 Å². The molecule has 1 aliphatic carbocycles. The van der Waals surface area contributed by atoms with Gasteiger partial charge in [0, 0.05) is 37.5 Å². The summed E-state index contributed by atoms with van der Waals surface area (Å²) in [5.74, 6) is 0.227. The predicted molar refractivity (Wildman–Crippen MR) is 142 cm³/mol. The zero-order valence-electron chi connectivity index (χ0n) is 21.4. The lowest BCUT2D eigenvalue weighted by molar-refractivity contribution is -0.146. The molecule has 0 saturated carbocycles. The summed E-state index contributed by atoms with van der Waals surface area (Å²) in [7, 11) is 1.46. The van der Waals surface area contributed by atoms with E-state index in [-0.39, 0.29) is 18.4 Å². The Morgan fingerprint density at radius 3 is 2.65 bits per heavy atom. The van der Waals surface area contributed by atoms with Gasteiger partial charge in [-0.1, -0.05) is 0 Å². The van der Waals surface area contributed by atoms with E-state index >= 15 is 0 Å². The van der Waals surface area contributed by atoms with Crippen molar-refractivity contribution in [3.05, 3.63) is 40.0 Å². The van der Waals surface area contributed by atoms with Crippen molar-refractivity contribution in [2.75, 3.05) is 36.9 Å². The van der Waals surface area contributed by atoms with Crippen LogP contribution in [0.2, 0.25) is 0 Å². The van der Waals surface area contributed by atoms with Gasteiger partial charge in [-0.3, -0.25) is 4.79 Å². The van der Waals surface area contributed by atoms with Gasteiger partial charge in [0.25, 0.3) is 0 Å². The number of nitrogens with zero attached hydrogens (tertiary/aromatic N) is 4. The maximum absolute atomic E-state index is 12.9. The molecule has 5 rings (SSSR count). The molecule has 10 heteroatoms. The molecule has 3 heterocycles. The number of amides is 1. The summed E-state index contributed by atoms with van der Waals surface area (Å²) in [6, 6.07) is 4.43. The minimum Gasteiger partial charge on any atom is -0.370 e. The van der Waals surface area contributed by atoms with Crippen LogP contribution in [0.4, 0.5) is 30.4 Å². The number of nitrogens with one attached hydrogen (secondary N) is 1. The molecule has 1 aromatic carbocycles. The Balaban J connectivity index is 1.41. The molecule has 1 fully saturated rings. The highest BCUT2D eigenvalue weighted by Crippen LogP contribution is 2.42. The van der Waals surface area contributed by atoms with Crippen molar-refractivity contribution < 1.29 is 18.0 Å². The Morgan fingerprint density at radius 1 is 1.19 bits per heavy atom. The second kappa shape index (κ2) is 10.1. The van der Waals surface area contributed by atoms with Gasteiger partial charge in [0.05, 0.1) is 23.2 Å². The number of aromatic nitrogens is 2. The molecule has 6 nitrogen and oxygen atoms in total. The average Bonchev–Trinajstić information content (AvgIpc) is 3.51. The van der Waals surface area contributed by atoms with Crippen LogP contribution in [-0.2, 0) is 17.6 Å². The molecule has 0 spiro atoms. The minimum absolute atomic E-state index is 0.220. The standard InChI is InChI=1S/C27H32F3N5OS/c1-16-12-20(21(13-17(16)2)35-9-4-5-10-35)33-24-23-19-7-6-18(14-22(19)37-25(23)32-15-31-24)26(36)34(3)11-8-27(28,29)30/h12-13,15,18H,4-11,14H2,1-3H3,(H,31,32,33). The third-order valence-corrected chi connectivity index (χ3v) is 8.78. The third-order valence-electron chi connectivity index (χ3n) is 7.61. The lowest BCUT2D eigenvalue weighted by Gasteiger charge is -2.27. The number of hydrogen-bond acceptors (Lipinski definition) is 6. The minimum atomic E-state index is -4.27. The Kier molecular flexibility index (Phi) is 7.04. The van der Waals surface area contributed by atoms with E-state index in [1.807, 2.05) is 0 Å². The molecule has 1 amide bonds. The normalized spacial score (nSPS) is 17.8. The topological polar surface area (TPSA) is 61.4 Å². The summed E-state index contributed by atoms with van der Waals surface area (Å²) in [6.07, 6.45) is 0.480. The number of hydrogen-bond donors (Lipinski definition) is 1. The van der Waals surface area contributed by atoms with Gasteiger partial charge in [0.2, 0.25) is 5.91 Å². The molecule has 1 atom stereocenters. The molecular weight excluding hydrogens is 499 g/mol. The zero-order valence-corrected chi connectivity index (χ0v) is 22.2. The second-order valence-electron chi connectivity index (χ2n) is 10.2. The van der Waals surface area contributed by atoms with Crippen LogP contribution in [0.25, 0.3) is 10.2 Å². The van der Waals surface area contributed by atoms with Crippen LogP contribution in [0.5, 0.6) is 0 Å². The maximum Gasteiger partial charge on any atom is 0.390 e. The number of rotatable bonds is 6. The van der Waals surface area contributed by atoms with Crippen LogP contribution in [0.3, 0.4) is 0 Å². The maximum atomic E-state index is 12.9. The summed E-state index contributed by atoms with van der Waals surface area (Å²) in [5, 5.41) is 4.60. The number of anilines is 3. The summed E-state index contributed by atoms with van der Waals surface area (Å²) in [4.78, 5) is 27.6. The number of benzene rings is 1. The van der Waals surface area contributed by atoms with Crippen molar-refractivity contribution in [1.82, 2.24) is 14.9 Å². The van der Waals surface area contributed by atoms with Crippen molar-refractivity contribution >= 4 is 44.7 Å². The van der Waals surface area contributed by atoms with Crippen LogP contribution < -0.4 is 10.2 Å². The van der Waals surface area contributed by atoms with Gasteiger partial charge in [0.15, 0.2) is 0 Å². The molecule has 198 valence electrons. The fraction of sp³-hybridized carbons (Fsp3) is 0.519. The third kappa shape index (κ3) is 5.39. The molecule has 0 radical (unpaired) electrons. The van der Waals surface area contributed by atoms with Crippen LogP contribution >= 0.6 is 11.3 Å². The van der Waals surface area contributed by atoms with Crippen LogP contribution in [0.1, 0.15) is 47.3 Å². The molecule has 2 aromatic heterocycles. The van der Waals surface area contributed by atoms with E-state index in [9.17, 15) is 18.0 Å². The molecule has 1 N–H and O–H groups in total. The second-order valence-corrected chi connectivity index (χ2v) is 11.3. The van der Waals surface area contributed by atoms with E-state index in [1.54, 1.807) is 17.7 Å². The van der Waals surface area contributed by atoms with E-state index < -0.39 is 12.6 Å². The molecule has 1 saturated heterocycles. The van der Waals surface area contributed by atoms with Crippen LogP contribution in [0, 0.1) is 19.8 Å². The van der Waals surface area contributed by atoms with E-state index in [0.717, 1.165) is 45.3 Å². The van der Waals surface area contributed by atoms with Crippen molar-refractivity contribution in [3.63, 3.8) is 0 Å². The van der Waals surface area contributed by atoms with Gasteiger partial charge in [-0.25, -0.2) is 9.97 Å². The van der Waals surface area contributed by atoms with Gasteiger partial charge >= 0.3 is 6.18 Å². The Bertz CT molecular complexity index is 1320. The highest BCUT2D eigenvalue weighted by atomic mass is 32.1. The van der Waals surface area contributed by atoms with Gasteiger partial charge in [-0.15, -0.1) is 11.3 Å². The first-order valence-corrected chi connectivity index (χ1v) is 13.6. The number of halogens is 3. The number of alkyl halides is 3. The summed E-state index contributed by atoms with van der Waals surface area (Å²) >= 11 is 1.56. The van der Waals surface area contributed by atoms with Crippen LogP contribution in [0.15, 0.2) is 18.5 Å². The quantitative estimate of drug-likeness (QED) is 0.412. The first kappa shape index (κ1) is 25.8. The van der Waals surface area contributed by atoms with E-state index in [2.05, 4.69) is 46.2 Å². The monoisotopic (exact) mass is 531 g/mol. The number of carbonyl (C=O) groups excluding carboxylic acids is 1. The van der Waals surface area contributed by atoms with Gasteiger partial charge in [-0.05, 0) is 74.8 Å². The summed E-state index contributed by atoms with van der Waals surface area (Å²) in [6.45, 7) is 6.01. The molecule has 37 heavy (non-hydrogen) atoms. The first-order chi connectivity index (χ1) is 17.6. The smallest absolute Gasteiger partial charge is 0.370 e. The largest absolute Gasteiger partial charge is 0.390 e. The Morgan fingerprint density at radius 2 is 1.92 bits per heavy atom. The van der Waals surface area contributed by atoms with E-state index in [4.69, 9.17) is 0 Å². The van der Waals surface area contributed by atoms with Gasteiger partial charge in [0.1, 0.15) is 17.0 Å². The average molecular weight is 532 g/mol. The molecule has 0 bridgehead atoms. The number of carbonyl (C=O) groups is 1. The summed E-state index contributed by atoms with van der Waals surface area (Å²) < 4.78 is 37.9.